The van der Waals surface area contributed by atoms with E-state index < -0.39 is 0 Å². The number of hydrogen-bond acceptors (Lipinski definition) is 1. The van der Waals surface area contributed by atoms with E-state index in [0.29, 0.717) is 5.84 Å². The van der Waals surface area contributed by atoms with Crippen molar-refractivity contribution >= 4 is 81.8 Å². The van der Waals surface area contributed by atoms with Crippen LogP contribution in [0.1, 0.15) is 17.2 Å². The number of para-hydroxylation sites is 2. The number of nitrogens with two attached hydrogens (primary N) is 1. The van der Waals surface area contributed by atoms with E-state index in [0.717, 1.165) is 43.5 Å². The van der Waals surface area contributed by atoms with Crippen LogP contribution in [0.2, 0.25) is 0 Å². The maximum atomic E-state index is 7.00. The fourth-order valence-corrected chi connectivity index (χ4v) is 12.0. The SMILES string of the molecule is C=C(C[I-]c1ccc2ccccc2c1)C(N=C(N)c1ccc(-n2c3cc4ccccc4cc3c3cccc(-n4c5ccccc5c5ccc6ccccc6c54)c32)cc1)c1ccccc1. The Hall–Kier alpha value is -7.48. The topological polar surface area (TPSA) is 48.2 Å². The van der Waals surface area contributed by atoms with Gasteiger partial charge < -0.3 is 4.57 Å². The van der Waals surface area contributed by atoms with E-state index in [1.807, 2.05) is 6.07 Å². The summed E-state index contributed by atoms with van der Waals surface area (Å²) in [4.78, 5) is 5.24. The molecule has 5 heteroatoms. The summed E-state index contributed by atoms with van der Waals surface area (Å²) in [5.74, 6) is 0.497. The Morgan fingerprint density at radius 1 is 0.484 bits per heavy atom. The molecule has 12 aromatic rings. The predicted molar refractivity (Wildman–Crippen MR) is 267 cm³/mol. The van der Waals surface area contributed by atoms with Gasteiger partial charge in [-0.1, -0.05) is 91.0 Å². The third kappa shape index (κ3) is 6.46. The summed E-state index contributed by atoms with van der Waals surface area (Å²) in [6.07, 6.45) is 0. The predicted octanol–water partition coefficient (Wildman–Crippen LogP) is 11.3. The second-order valence-corrected chi connectivity index (χ2v) is 19.3. The van der Waals surface area contributed by atoms with Crippen LogP contribution in [0.3, 0.4) is 0 Å². The van der Waals surface area contributed by atoms with Crippen LogP contribution in [0.25, 0.3) is 87.3 Å². The number of benzene rings is 10. The molecule has 12 rings (SSSR count). The van der Waals surface area contributed by atoms with Gasteiger partial charge in [-0.3, -0.25) is 0 Å². The summed E-state index contributed by atoms with van der Waals surface area (Å²) in [5, 5.41) is 12.3. The molecule has 1 atom stereocenters. The van der Waals surface area contributed by atoms with Crippen molar-refractivity contribution in [2.24, 2.45) is 10.7 Å². The van der Waals surface area contributed by atoms with Crippen LogP contribution in [0, 0.1) is 3.57 Å². The molecule has 0 bridgehead atoms. The normalized spacial score (nSPS) is 12.7. The van der Waals surface area contributed by atoms with E-state index in [-0.39, 0.29) is 27.2 Å². The molecule has 0 saturated heterocycles. The molecule has 2 aromatic heterocycles. The molecule has 1 unspecified atom stereocenters. The van der Waals surface area contributed by atoms with Crippen LogP contribution in [0.15, 0.2) is 229 Å². The number of fused-ring (bicyclic) bond motifs is 10. The zero-order valence-corrected chi connectivity index (χ0v) is 37.2. The van der Waals surface area contributed by atoms with Crippen LogP contribution in [-0.4, -0.2) is 19.4 Å². The van der Waals surface area contributed by atoms with Gasteiger partial charge in [0.2, 0.25) is 0 Å². The van der Waals surface area contributed by atoms with E-state index in [1.54, 1.807) is 0 Å². The zero-order valence-electron chi connectivity index (χ0n) is 35.0. The minimum absolute atomic E-state index is 0.253. The van der Waals surface area contributed by atoms with Crippen LogP contribution in [0.4, 0.5) is 0 Å². The molecule has 0 saturated carbocycles. The summed E-state index contributed by atoms with van der Waals surface area (Å²) in [6, 6.07) is 76.4. The van der Waals surface area contributed by atoms with Gasteiger partial charge in [-0.25, -0.2) is 0 Å². The molecule has 306 valence electrons. The summed E-state index contributed by atoms with van der Waals surface area (Å²) >= 11 is -0.323. The number of aliphatic imine (C=N–C) groups is 1. The van der Waals surface area contributed by atoms with Crippen LogP contribution in [0.5, 0.6) is 0 Å². The molecule has 10 aromatic carbocycles. The zero-order chi connectivity index (χ0) is 42.7. The average molecular weight is 934 g/mol. The van der Waals surface area contributed by atoms with Crippen molar-refractivity contribution in [1.82, 2.24) is 9.13 Å². The average Bonchev–Trinajstić information content (AvgIpc) is 3.87. The molecule has 0 aliphatic carbocycles. The number of halogens is 1. The number of hydrogen-bond donors (Lipinski definition) is 1. The fraction of sp³-hybridized carbons (Fsp3) is 0.0339. The fourth-order valence-electron chi connectivity index (χ4n) is 9.67. The summed E-state index contributed by atoms with van der Waals surface area (Å²) in [5.41, 5.74) is 16.9. The summed E-state index contributed by atoms with van der Waals surface area (Å²) in [7, 11) is 0. The number of nitrogens with zero attached hydrogens (tertiary/aromatic N) is 3. The number of aromatic nitrogens is 2. The van der Waals surface area contributed by atoms with Crippen molar-refractivity contribution in [3.8, 4) is 11.4 Å². The first-order valence-electron chi connectivity index (χ1n) is 21.7. The van der Waals surface area contributed by atoms with E-state index >= 15 is 0 Å². The van der Waals surface area contributed by atoms with Crippen molar-refractivity contribution in [3.63, 3.8) is 0 Å². The van der Waals surface area contributed by atoms with Gasteiger partial charge in [-0.15, -0.1) is 0 Å². The Balaban J connectivity index is 0.992. The maximum absolute atomic E-state index is 7.00. The van der Waals surface area contributed by atoms with Crippen molar-refractivity contribution in [2.45, 2.75) is 6.04 Å². The van der Waals surface area contributed by atoms with Crippen molar-refractivity contribution in [3.05, 3.63) is 239 Å². The van der Waals surface area contributed by atoms with Crippen molar-refractivity contribution < 1.29 is 21.2 Å². The second-order valence-electron chi connectivity index (χ2n) is 16.6. The molecule has 64 heavy (non-hydrogen) atoms. The van der Waals surface area contributed by atoms with Gasteiger partial charge in [0.25, 0.3) is 0 Å². The number of alkyl halides is 1. The van der Waals surface area contributed by atoms with Crippen LogP contribution >= 0.6 is 0 Å². The van der Waals surface area contributed by atoms with E-state index in [9.17, 15) is 0 Å². The molecule has 0 fully saturated rings. The van der Waals surface area contributed by atoms with E-state index in [2.05, 4.69) is 222 Å². The van der Waals surface area contributed by atoms with Crippen molar-refractivity contribution in [1.29, 1.82) is 0 Å². The van der Waals surface area contributed by atoms with Crippen LogP contribution in [-0.2, 0) is 0 Å². The Labute approximate surface area is 381 Å². The molecule has 0 radical (unpaired) electrons. The Morgan fingerprint density at radius 3 is 1.91 bits per heavy atom. The standard InChI is InChI=1S/C59H42IN4/c1-38(37-60-46-30-26-39-14-5-6-18-43(39)34-46)56(41-16-3-2-4-17-41)62-59(61)42-27-31-47(32-28-42)63-55-36-45-20-8-7-19-44(45)35-52(55)50-23-13-25-54(58(50)63)64-53-24-12-11-22-49(53)51-33-29-40-15-9-10-21-48(40)57(51)64/h2-36,56H,1,37H2,(H2,61,62)/q-1. The molecular formula is C59H42IN4-. The first kappa shape index (κ1) is 38.2. The first-order valence-corrected chi connectivity index (χ1v) is 24.3. The Kier molecular flexibility index (Phi) is 9.38. The summed E-state index contributed by atoms with van der Waals surface area (Å²) in [6.45, 7) is 4.63. The quantitative estimate of drug-likeness (QED) is 0.0506. The molecule has 2 N–H and O–H groups in total. The molecule has 0 amide bonds. The van der Waals surface area contributed by atoms with Gasteiger partial charge in [0.15, 0.2) is 0 Å². The van der Waals surface area contributed by atoms with Gasteiger partial charge in [-0.2, -0.15) is 0 Å². The third-order valence-corrected chi connectivity index (χ3v) is 15.6. The monoisotopic (exact) mass is 933 g/mol. The van der Waals surface area contributed by atoms with Crippen molar-refractivity contribution in [2.75, 3.05) is 4.43 Å². The number of rotatable bonds is 9. The Bertz CT molecular complexity index is 3820. The van der Waals surface area contributed by atoms with Gasteiger partial charge in [0.1, 0.15) is 0 Å². The molecule has 0 aliphatic rings. The van der Waals surface area contributed by atoms with E-state index in [1.165, 1.54) is 68.5 Å². The van der Waals surface area contributed by atoms with Gasteiger partial charge in [0.05, 0.1) is 11.0 Å². The first-order chi connectivity index (χ1) is 31.6. The molecule has 0 aliphatic heterocycles. The second kappa shape index (κ2) is 15.7. The molecule has 2 heterocycles. The van der Waals surface area contributed by atoms with Gasteiger partial charge >= 0.3 is 227 Å². The van der Waals surface area contributed by atoms with E-state index in [4.69, 9.17) is 10.7 Å². The third-order valence-electron chi connectivity index (χ3n) is 12.7. The minimum atomic E-state index is -0.323. The van der Waals surface area contributed by atoms with Gasteiger partial charge in [-0.05, 0) is 34.4 Å². The summed E-state index contributed by atoms with van der Waals surface area (Å²) < 4.78 is 7.23. The number of amidine groups is 1. The van der Waals surface area contributed by atoms with Gasteiger partial charge in [0, 0.05) is 16.2 Å². The molecule has 0 spiro atoms. The molecular weight excluding hydrogens is 892 g/mol. The van der Waals surface area contributed by atoms with Crippen LogP contribution < -0.4 is 26.9 Å². The Morgan fingerprint density at radius 2 is 1.11 bits per heavy atom. The molecule has 4 nitrogen and oxygen atoms in total.